The van der Waals surface area contributed by atoms with Gasteiger partial charge < -0.3 is 9.47 Å². The number of rotatable bonds is 8. The van der Waals surface area contributed by atoms with E-state index in [9.17, 15) is 0 Å². The second kappa shape index (κ2) is 9.03. The van der Waals surface area contributed by atoms with Crippen molar-refractivity contribution in [3.05, 3.63) is 30.3 Å². The van der Waals surface area contributed by atoms with Gasteiger partial charge in [-0.1, -0.05) is 25.1 Å². The van der Waals surface area contributed by atoms with Gasteiger partial charge in [-0.3, -0.25) is 9.80 Å². The van der Waals surface area contributed by atoms with Crippen molar-refractivity contribution in [1.29, 1.82) is 0 Å². The van der Waals surface area contributed by atoms with Gasteiger partial charge in [0.2, 0.25) is 0 Å². The predicted octanol–water partition coefficient (Wildman–Crippen LogP) is 2.11. The van der Waals surface area contributed by atoms with Gasteiger partial charge in [0.05, 0.1) is 6.61 Å². The first kappa shape index (κ1) is 16.3. The molecule has 0 N–H and O–H groups in total. The summed E-state index contributed by atoms with van der Waals surface area (Å²) in [7, 11) is 1.78. The summed E-state index contributed by atoms with van der Waals surface area (Å²) >= 11 is 0. The van der Waals surface area contributed by atoms with E-state index in [2.05, 4.69) is 16.7 Å². The fraction of sp³-hybridized carbons (Fsp3) is 0.647. The number of hydrogen-bond acceptors (Lipinski definition) is 4. The molecule has 0 radical (unpaired) electrons. The highest BCUT2D eigenvalue weighted by molar-refractivity contribution is 5.20. The molecule has 4 heteroatoms. The maximum Gasteiger partial charge on any atom is 0.119 e. The highest BCUT2D eigenvalue weighted by atomic mass is 16.5. The minimum absolute atomic E-state index is 0.644. The van der Waals surface area contributed by atoms with E-state index in [4.69, 9.17) is 9.47 Å². The topological polar surface area (TPSA) is 24.9 Å². The summed E-state index contributed by atoms with van der Waals surface area (Å²) in [5.74, 6) is 0.961. The molecule has 1 saturated heterocycles. The zero-order valence-electron chi connectivity index (χ0n) is 13.3. The Morgan fingerprint density at radius 3 is 2.62 bits per heavy atom. The summed E-state index contributed by atoms with van der Waals surface area (Å²) in [6.45, 7) is 9.30. The Labute approximate surface area is 128 Å². The maximum absolute atomic E-state index is 5.79. The van der Waals surface area contributed by atoms with E-state index in [1.165, 1.54) is 6.42 Å². The van der Waals surface area contributed by atoms with Crippen molar-refractivity contribution in [2.75, 3.05) is 53.0 Å². The molecule has 1 atom stereocenters. The molecule has 0 aromatic heterocycles. The Kier molecular flexibility index (Phi) is 7.00. The third kappa shape index (κ3) is 5.30. The SMILES string of the molecule is CC[C@@H]1CN(CCOc2ccccc2)CCN1CCOC. The first-order chi connectivity index (χ1) is 10.3. The molecule has 0 unspecified atom stereocenters. The van der Waals surface area contributed by atoms with Gasteiger partial charge in [0.1, 0.15) is 12.4 Å². The van der Waals surface area contributed by atoms with E-state index in [1.807, 2.05) is 30.3 Å². The molecule has 0 spiro atoms. The number of piperazine rings is 1. The minimum atomic E-state index is 0.644. The average Bonchev–Trinajstić information content (AvgIpc) is 2.54. The van der Waals surface area contributed by atoms with Crippen LogP contribution >= 0.6 is 0 Å². The predicted molar refractivity (Wildman–Crippen MR) is 85.9 cm³/mol. The van der Waals surface area contributed by atoms with Crippen molar-refractivity contribution >= 4 is 0 Å². The van der Waals surface area contributed by atoms with Crippen LogP contribution in [0, 0.1) is 0 Å². The highest BCUT2D eigenvalue weighted by Crippen LogP contribution is 2.13. The molecular formula is C17H28N2O2. The number of hydrogen-bond donors (Lipinski definition) is 0. The summed E-state index contributed by atoms with van der Waals surface area (Å²) < 4.78 is 11.0. The molecule has 1 aromatic carbocycles. The Bertz CT molecular complexity index is 386. The third-order valence-corrected chi connectivity index (χ3v) is 4.16. The van der Waals surface area contributed by atoms with Crippen molar-refractivity contribution in [3.8, 4) is 5.75 Å². The van der Waals surface area contributed by atoms with Crippen LogP contribution in [0.15, 0.2) is 30.3 Å². The molecule has 1 fully saturated rings. The Morgan fingerprint density at radius 2 is 1.90 bits per heavy atom. The minimum Gasteiger partial charge on any atom is -0.492 e. The summed E-state index contributed by atoms with van der Waals surface area (Å²) in [5.41, 5.74) is 0. The summed E-state index contributed by atoms with van der Waals surface area (Å²) in [6, 6.07) is 10.7. The van der Waals surface area contributed by atoms with E-state index in [1.54, 1.807) is 7.11 Å². The maximum atomic E-state index is 5.79. The van der Waals surface area contributed by atoms with Crippen LogP contribution in [0.5, 0.6) is 5.75 Å². The molecule has 4 nitrogen and oxygen atoms in total. The van der Waals surface area contributed by atoms with E-state index in [0.717, 1.165) is 51.7 Å². The van der Waals surface area contributed by atoms with Gasteiger partial charge in [-0.25, -0.2) is 0 Å². The van der Waals surface area contributed by atoms with Crippen LogP contribution in [0.4, 0.5) is 0 Å². The number of benzene rings is 1. The molecular weight excluding hydrogens is 264 g/mol. The first-order valence-electron chi connectivity index (χ1n) is 7.96. The number of methoxy groups -OCH3 is 1. The molecule has 21 heavy (non-hydrogen) atoms. The lowest BCUT2D eigenvalue weighted by atomic mass is 10.1. The first-order valence-corrected chi connectivity index (χ1v) is 7.96. The van der Waals surface area contributed by atoms with E-state index >= 15 is 0 Å². The van der Waals surface area contributed by atoms with Crippen molar-refractivity contribution in [1.82, 2.24) is 9.80 Å². The van der Waals surface area contributed by atoms with Crippen LogP contribution < -0.4 is 4.74 Å². The van der Waals surface area contributed by atoms with Gasteiger partial charge in [-0.15, -0.1) is 0 Å². The summed E-state index contributed by atoms with van der Waals surface area (Å²) in [4.78, 5) is 5.07. The van der Waals surface area contributed by atoms with Gasteiger partial charge in [-0.05, 0) is 18.6 Å². The van der Waals surface area contributed by atoms with E-state index in [0.29, 0.717) is 6.04 Å². The molecule has 1 aliphatic rings. The van der Waals surface area contributed by atoms with Crippen molar-refractivity contribution in [2.24, 2.45) is 0 Å². The van der Waals surface area contributed by atoms with Crippen molar-refractivity contribution in [3.63, 3.8) is 0 Å². The second-order valence-electron chi connectivity index (χ2n) is 5.55. The fourth-order valence-electron chi connectivity index (χ4n) is 2.86. The van der Waals surface area contributed by atoms with Gasteiger partial charge in [0, 0.05) is 45.9 Å². The summed E-state index contributed by atoms with van der Waals surface area (Å²) in [5, 5.41) is 0. The van der Waals surface area contributed by atoms with Gasteiger partial charge >= 0.3 is 0 Å². The summed E-state index contributed by atoms with van der Waals surface area (Å²) in [6.07, 6.45) is 1.19. The van der Waals surface area contributed by atoms with Gasteiger partial charge in [-0.2, -0.15) is 0 Å². The molecule has 2 rings (SSSR count). The standard InChI is InChI=1S/C17H28N2O2/c1-3-16-15-18(9-10-19(16)12-13-20-2)11-14-21-17-7-5-4-6-8-17/h4-8,16H,3,9-15H2,1-2H3/t16-/m1/s1. The number of ether oxygens (including phenoxy) is 2. The fourth-order valence-corrected chi connectivity index (χ4v) is 2.86. The molecule has 1 aromatic rings. The second-order valence-corrected chi connectivity index (χ2v) is 5.55. The lowest BCUT2D eigenvalue weighted by Crippen LogP contribution is -2.54. The lowest BCUT2D eigenvalue weighted by molar-refractivity contribution is 0.0444. The molecule has 0 amide bonds. The van der Waals surface area contributed by atoms with Gasteiger partial charge in [0.25, 0.3) is 0 Å². The molecule has 1 heterocycles. The third-order valence-electron chi connectivity index (χ3n) is 4.16. The largest absolute Gasteiger partial charge is 0.492 e. The van der Waals surface area contributed by atoms with Crippen molar-refractivity contribution < 1.29 is 9.47 Å². The molecule has 0 saturated carbocycles. The van der Waals surface area contributed by atoms with Crippen LogP contribution in [0.25, 0.3) is 0 Å². The van der Waals surface area contributed by atoms with Gasteiger partial charge in [0.15, 0.2) is 0 Å². The molecule has 0 bridgehead atoms. The molecule has 118 valence electrons. The van der Waals surface area contributed by atoms with Crippen LogP contribution in [0.2, 0.25) is 0 Å². The highest BCUT2D eigenvalue weighted by Gasteiger charge is 2.24. The lowest BCUT2D eigenvalue weighted by Gasteiger charge is -2.41. The van der Waals surface area contributed by atoms with Crippen molar-refractivity contribution in [2.45, 2.75) is 19.4 Å². The van der Waals surface area contributed by atoms with Crippen LogP contribution in [0.1, 0.15) is 13.3 Å². The van der Waals surface area contributed by atoms with E-state index in [-0.39, 0.29) is 0 Å². The number of nitrogens with zero attached hydrogens (tertiary/aromatic N) is 2. The number of para-hydroxylation sites is 1. The molecule has 1 aliphatic heterocycles. The van der Waals surface area contributed by atoms with Crippen LogP contribution in [-0.2, 0) is 4.74 Å². The van der Waals surface area contributed by atoms with Crippen LogP contribution in [0.3, 0.4) is 0 Å². The smallest absolute Gasteiger partial charge is 0.119 e. The van der Waals surface area contributed by atoms with Crippen LogP contribution in [-0.4, -0.2) is 68.9 Å². The Hall–Kier alpha value is -1.10. The Balaban J connectivity index is 1.70. The quantitative estimate of drug-likeness (QED) is 0.732. The monoisotopic (exact) mass is 292 g/mol. The normalized spacial score (nSPS) is 20.6. The van der Waals surface area contributed by atoms with E-state index < -0.39 is 0 Å². The average molecular weight is 292 g/mol. The zero-order valence-corrected chi connectivity index (χ0v) is 13.3. The zero-order chi connectivity index (χ0) is 14.9. The Morgan fingerprint density at radius 1 is 1.10 bits per heavy atom. The molecule has 0 aliphatic carbocycles.